The van der Waals surface area contributed by atoms with Gasteiger partial charge in [-0.2, -0.15) is 0 Å². The molecule has 4 heterocycles. The average molecular weight is 528 g/mol. The van der Waals surface area contributed by atoms with Gasteiger partial charge >= 0.3 is 0 Å². The van der Waals surface area contributed by atoms with Crippen LogP contribution in [-0.2, 0) is 11.2 Å². The molecule has 5 aromatic rings. The first-order valence-corrected chi connectivity index (χ1v) is 13.7. The number of amides is 1. The number of carbonyl (C=O) groups is 1. The van der Waals surface area contributed by atoms with Crippen molar-refractivity contribution in [2.75, 3.05) is 46.0 Å². The number of aromatic nitrogens is 3. The van der Waals surface area contributed by atoms with Crippen molar-refractivity contribution in [2.45, 2.75) is 6.42 Å². The van der Waals surface area contributed by atoms with Gasteiger partial charge in [-0.3, -0.25) is 9.69 Å². The molecule has 8 nitrogen and oxygen atoms in total. The van der Waals surface area contributed by atoms with Gasteiger partial charge < -0.3 is 19.8 Å². The maximum absolute atomic E-state index is 13.2. The minimum Gasteiger partial charge on any atom is -0.492 e. The highest BCUT2D eigenvalue weighted by atomic mass is 32.1. The summed E-state index contributed by atoms with van der Waals surface area (Å²) in [5, 5.41) is 6.18. The molecule has 0 aliphatic carbocycles. The van der Waals surface area contributed by atoms with Crippen LogP contribution in [0.5, 0.6) is 5.75 Å². The number of morpholine rings is 1. The van der Waals surface area contributed by atoms with Crippen molar-refractivity contribution in [3.05, 3.63) is 77.4 Å². The molecule has 1 saturated heterocycles. The van der Waals surface area contributed by atoms with E-state index in [0.717, 1.165) is 66.3 Å². The van der Waals surface area contributed by atoms with Crippen molar-refractivity contribution < 1.29 is 14.3 Å². The summed E-state index contributed by atoms with van der Waals surface area (Å²) in [5.74, 6) is 1.13. The van der Waals surface area contributed by atoms with E-state index in [1.54, 1.807) is 0 Å². The quantitative estimate of drug-likeness (QED) is 0.293. The van der Waals surface area contributed by atoms with Crippen LogP contribution in [0.4, 0.5) is 0 Å². The van der Waals surface area contributed by atoms with E-state index in [2.05, 4.69) is 32.3 Å². The first kappa shape index (κ1) is 24.5. The van der Waals surface area contributed by atoms with E-state index in [9.17, 15) is 4.79 Å². The third-order valence-electron chi connectivity index (χ3n) is 6.77. The monoisotopic (exact) mass is 527 g/mol. The van der Waals surface area contributed by atoms with Gasteiger partial charge in [0.25, 0.3) is 5.91 Å². The Labute approximate surface area is 224 Å². The van der Waals surface area contributed by atoms with Crippen molar-refractivity contribution in [2.24, 2.45) is 0 Å². The molecule has 1 aliphatic rings. The minimum atomic E-state index is -0.191. The Kier molecular flexibility index (Phi) is 7.30. The lowest BCUT2D eigenvalue weighted by Crippen LogP contribution is -2.38. The highest BCUT2D eigenvalue weighted by molar-refractivity contribution is 7.17. The van der Waals surface area contributed by atoms with Crippen LogP contribution < -0.4 is 10.1 Å². The van der Waals surface area contributed by atoms with Gasteiger partial charge in [-0.05, 0) is 53.8 Å². The fourth-order valence-electron chi connectivity index (χ4n) is 4.70. The van der Waals surface area contributed by atoms with Gasteiger partial charge in [-0.15, -0.1) is 11.3 Å². The van der Waals surface area contributed by atoms with Gasteiger partial charge in [0.2, 0.25) is 0 Å². The van der Waals surface area contributed by atoms with Gasteiger partial charge in [0.1, 0.15) is 18.1 Å². The van der Waals surface area contributed by atoms with Crippen LogP contribution in [0.3, 0.4) is 0 Å². The SMILES string of the molecule is O=C(NCCc1c[nH]c2ccccc12)c1nc(-c2ccc(OCCN3CCOCC3)cc2)nc2ccsc12. The molecular weight excluding hydrogens is 498 g/mol. The summed E-state index contributed by atoms with van der Waals surface area (Å²) >= 11 is 1.48. The van der Waals surface area contributed by atoms with Gasteiger partial charge in [-0.1, -0.05) is 18.2 Å². The van der Waals surface area contributed by atoms with Crippen molar-refractivity contribution in [1.29, 1.82) is 0 Å². The Hall–Kier alpha value is -3.79. The molecule has 38 heavy (non-hydrogen) atoms. The second kappa shape index (κ2) is 11.3. The number of nitrogens with zero attached hydrogens (tertiary/aromatic N) is 3. The lowest BCUT2D eigenvalue weighted by atomic mass is 10.1. The van der Waals surface area contributed by atoms with Crippen LogP contribution in [0.15, 0.2) is 66.2 Å². The summed E-state index contributed by atoms with van der Waals surface area (Å²) in [7, 11) is 0. The van der Waals surface area contributed by atoms with Gasteiger partial charge in [-0.25, -0.2) is 9.97 Å². The Morgan fingerprint density at radius 2 is 1.92 bits per heavy atom. The Morgan fingerprint density at radius 3 is 2.79 bits per heavy atom. The zero-order valence-corrected chi connectivity index (χ0v) is 21.8. The first-order valence-electron chi connectivity index (χ1n) is 12.9. The van der Waals surface area contributed by atoms with E-state index in [1.165, 1.54) is 22.3 Å². The molecular formula is C29H29N5O3S. The molecule has 2 aromatic carbocycles. The summed E-state index contributed by atoms with van der Waals surface area (Å²) in [6.45, 7) is 5.48. The van der Waals surface area contributed by atoms with Crippen LogP contribution in [0.1, 0.15) is 16.1 Å². The summed E-state index contributed by atoms with van der Waals surface area (Å²) in [6.07, 6.45) is 2.74. The number of thiophene rings is 1. The number of nitrogens with one attached hydrogen (secondary N) is 2. The lowest BCUT2D eigenvalue weighted by Gasteiger charge is -2.26. The Bertz CT molecular complexity index is 1540. The highest BCUT2D eigenvalue weighted by Gasteiger charge is 2.17. The number of hydrogen-bond acceptors (Lipinski definition) is 7. The number of rotatable bonds is 9. The number of ether oxygens (including phenoxy) is 2. The molecule has 1 aliphatic heterocycles. The van der Waals surface area contributed by atoms with E-state index in [-0.39, 0.29) is 5.91 Å². The van der Waals surface area contributed by atoms with Crippen LogP contribution in [-0.4, -0.2) is 71.8 Å². The van der Waals surface area contributed by atoms with Crippen molar-refractivity contribution in [3.8, 4) is 17.1 Å². The third-order valence-corrected chi connectivity index (χ3v) is 7.68. The second-order valence-electron chi connectivity index (χ2n) is 9.22. The molecule has 2 N–H and O–H groups in total. The third kappa shape index (κ3) is 5.40. The maximum atomic E-state index is 13.2. The molecule has 194 valence electrons. The number of carbonyl (C=O) groups excluding carboxylic acids is 1. The smallest absolute Gasteiger partial charge is 0.271 e. The molecule has 0 atom stereocenters. The number of para-hydroxylation sites is 1. The normalized spacial score (nSPS) is 14.2. The van der Waals surface area contributed by atoms with Crippen LogP contribution in [0.2, 0.25) is 0 Å². The van der Waals surface area contributed by atoms with Gasteiger partial charge in [0.05, 0.1) is 23.4 Å². The number of fused-ring (bicyclic) bond motifs is 2. The van der Waals surface area contributed by atoms with Crippen LogP contribution >= 0.6 is 11.3 Å². The first-order chi connectivity index (χ1) is 18.7. The predicted molar refractivity (Wildman–Crippen MR) is 150 cm³/mol. The Morgan fingerprint density at radius 1 is 1.08 bits per heavy atom. The van der Waals surface area contributed by atoms with Crippen molar-refractivity contribution >= 4 is 38.4 Å². The number of hydrogen-bond donors (Lipinski definition) is 2. The molecule has 0 spiro atoms. The zero-order valence-electron chi connectivity index (χ0n) is 21.0. The molecule has 6 rings (SSSR count). The largest absolute Gasteiger partial charge is 0.492 e. The summed E-state index contributed by atoms with van der Waals surface area (Å²) in [6, 6.07) is 17.8. The zero-order chi connectivity index (χ0) is 25.7. The highest BCUT2D eigenvalue weighted by Crippen LogP contribution is 2.27. The molecule has 9 heteroatoms. The fraction of sp³-hybridized carbons (Fsp3) is 0.276. The van der Waals surface area contributed by atoms with E-state index < -0.39 is 0 Å². The molecule has 1 amide bonds. The van der Waals surface area contributed by atoms with Crippen molar-refractivity contribution in [1.82, 2.24) is 25.2 Å². The van der Waals surface area contributed by atoms with Crippen LogP contribution in [0.25, 0.3) is 32.5 Å². The molecule has 0 bridgehead atoms. The fourth-order valence-corrected chi connectivity index (χ4v) is 5.51. The van der Waals surface area contributed by atoms with E-state index in [4.69, 9.17) is 14.5 Å². The summed E-state index contributed by atoms with van der Waals surface area (Å²) in [4.78, 5) is 28.2. The molecule has 0 unspecified atom stereocenters. The minimum absolute atomic E-state index is 0.191. The number of benzene rings is 2. The second-order valence-corrected chi connectivity index (χ2v) is 10.1. The van der Waals surface area contributed by atoms with Gasteiger partial charge in [0.15, 0.2) is 5.82 Å². The predicted octanol–water partition coefficient (Wildman–Crippen LogP) is 4.52. The summed E-state index contributed by atoms with van der Waals surface area (Å²) < 4.78 is 12.1. The van der Waals surface area contributed by atoms with E-state index in [0.29, 0.717) is 24.7 Å². The van der Waals surface area contributed by atoms with Crippen LogP contribution in [0, 0.1) is 0 Å². The van der Waals surface area contributed by atoms with E-state index >= 15 is 0 Å². The van der Waals surface area contributed by atoms with E-state index in [1.807, 2.05) is 54.0 Å². The molecule has 1 fully saturated rings. The standard InChI is InChI=1S/C29H29N5O3S/c35-29(30-11-9-21-19-31-24-4-2-1-3-23(21)24)26-27-25(10-18-38-27)32-28(33-26)20-5-7-22(8-6-20)37-17-14-34-12-15-36-16-13-34/h1-8,10,18-19,31H,9,11-17H2,(H,30,35). The Balaban J connectivity index is 1.12. The lowest BCUT2D eigenvalue weighted by molar-refractivity contribution is 0.0322. The molecule has 3 aromatic heterocycles. The summed E-state index contributed by atoms with van der Waals surface area (Å²) in [5.41, 5.74) is 4.30. The maximum Gasteiger partial charge on any atom is 0.271 e. The average Bonchev–Trinajstić information content (AvgIpc) is 3.61. The molecule has 0 saturated carbocycles. The number of aromatic amines is 1. The topological polar surface area (TPSA) is 92.4 Å². The number of H-pyrrole nitrogens is 1. The van der Waals surface area contributed by atoms with Gasteiger partial charge in [0, 0.05) is 48.8 Å². The van der Waals surface area contributed by atoms with Crippen molar-refractivity contribution in [3.63, 3.8) is 0 Å². The molecule has 0 radical (unpaired) electrons.